The Morgan fingerprint density at radius 1 is 0.319 bits per heavy atom. The number of benzene rings is 11. The molecule has 0 saturated carbocycles. The Kier molecular flexibility index (Phi) is 5.06. The minimum Gasteiger partial charge on any atom is -0.309 e. The van der Waals surface area contributed by atoms with Gasteiger partial charge in [-0.05, 0) is 89.7 Å². The van der Waals surface area contributed by atoms with Crippen LogP contribution in [0.3, 0.4) is 0 Å². The highest BCUT2D eigenvalue weighted by Gasteiger charge is 2.52. The van der Waals surface area contributed by atoms with Crippen LogP contribution in [0.4, 0.5) is 0 Å². The van der Waals surface area contributed by atoms with E-state index in [9.17, 15) is 11.0 Å². The van der Waals surface area contributed by atoms with Crippen LogP contribution in [0.1, 0.15) is 60.6 Å². The quantitative estimate of drug-likeness (QED) is 0.142. The van der Waals surface area contributed by atoms with Crippen LogP contribution in [0, 0.1) is 0 Å². The molecule has 11 aromatic carbocycles. The fourth-order valence-corrected chi connectivity index (χ4v) is 13.7. The molecule has 11 aromatic rings. The first-order valence-corrected chi connectivity index (χ1v) is 24.7. The number of hydrogen-bond acceptors (Lipinski definition) is 2. The molecule has 0 bridgehead atoms. The van der Waals surface area contributed by atoms with Gasteiger partial charge < -0.3 is 9.13 Å². The molecular formula is C65H44O2P2. The van der Waals surface area contributed by atoms with Gasteiger partial charge in [-0.1, -0.05) is 254 Å². The molecule has 4 heteroatoms. The van der Waals surface area contributed by atoms with Crippen molar-refractivity contribution in [2.45, 2.75) is 5.41 Å². The van der Waals surface area contributed by atoms with E-state index in [-0.39, 0.29) is 11.1 Å². The van der Waals surface area contributed by atoms with Gasteiger partial charge in [-0.2, -0.15) is 0 Å². The second kappa shape index (κ2) is 16.1. The molecular weight excluding hydrogens is 875 g/mol. The van der Waals surface area contributed by atoms with E-state index in [0.717, 1.165) is 21.9 Å². The molecule has 0 atom stereocenters. The molecule has 13 rings (SSSR count). The monoisotopic (exact) mass is 946 g/mol. The summed E-state index contributed by atoms with van der Waals surface area (Å²) in [5.41, 5.74) is 2.28. The SMILES string of the molecule is [2H]c1c([2H])c([2H])c(P(=O)(c2c([2H])c([2H])c([2H])c([2H])c2[2H])c2c([2H])c([2H])c(-c3ccc4c(c3)C3(c5cc(-c6c([2H])c([2H])c(P(=O)(c7c([2H])c([2H])c([2H])c([2H])c7[2H])c7c([2H])c([2H])c([2H])c([2H])c7[2H])c([2H])c6[2H])ccc5-4)c4ccccc4-c4c3ccc3ccccc43)c([2H])c2[2H])c([2H])c1[2H]. The van der Waals surface area contributed by atoms with Crippen molar-refractivity contribution in [1.82, 2.24) is 0 Å². The molecule has 0 unspecified atom stereocenters. The summed E-state index contributed by atoms with van der Waals surface area (Å²) < 4.78 is 285. The standard InChI is InChI=1S/C65H44O2P2/c66-68(50-18-5-1-6-19-50,51-20-7-2-8-21-51)54-36-29-45(30-37-54)48-33-40-57-58-41-34-49(46-31-38-55(39-32-46)69(67,52-22-9-3-10-23-52)53-24-11-4-12-25-53)44-63(58)65(62(57)43-48)60-28-16-15-27-59(60)64-56-26-14-13-17-47(56)35-42-61(64)65/h1-44H/i1D,2D,3D,4D,5D,6D,7D,8D,9D,10D,11D,12D,18D,19D,20D,21D,22D,23D,24D,25D,29D,30D,31D,32D,36D,37D,38D,39D. The summed E-state index contributed by atoms with van der Waals surface area (Å²) in [7, 11) is -11.5. The van der Waals surface area contributed by atoms with Crippen molar-refractivity contribution in [3.05, 3.63) is 289 Å². The fraction of sp³-hybridized carbons (Fsp3) is 0.0154. The number of fused-ring (bicyclic) bond motifs is 12. The van der Waals surface area contributed by atoms with Gasteiger partial charge >= 0.3 is 0 Å². The smallest absolute Gasteiger partial charge is 0.171 e. The van der Waals surface area contributed by atoms with Crippen LogP contribution >= 0.6 is 14.3 Å². The summed E-state index contributed by atoms with van der Waals surface area (Å²) in [4.78, 5) is 0. The van der Waals surface area contributed by atoms with Gasteiger partial charge in [0.1, 0.15) is 0 Å². The maximum Gasteiger partial charge on any atom is 0.171 e. The molecule has 2 aliphatic rings. The average Bonchev–Trinajstić information content (AvgIpc) is 1.53. The van der Waals surface area contributed by atoms with Gasteiger partial charge in [0.15, 0.2) is 14.3 Å². The molecule has 1 spiro atoms. The Hall–Kier alpha value is -7.86. The zero-order valence-corrected chi connectivity index (χ0v) is 37.2. The van der Waals surface area contributed by atoms with Crippen LogP contribution in [-0.4, -0.2) is 0 Å². The third-order valence-corrected chi connectivity index (χ3v) is 17.8. The van der Waals surface area contributed by atoms with E-state index in [4.69, 9.17) is 27.4 Å². The second-order valence-electron chi connectivity index (χ2n) is 16.1. The Morgan fingerprint density at radius 2 is 0.725 bits per heavy atom. The highest BCUT2D eigenvalue weighted by Crippen LogP contribution is 2.64. The lowest BCUT2D eigenvalue weighted by Crippen LogP contribution is -2.26. The van der Waals surface area contributed by atoms with Crippen molar-refractivity contribution in [2.24, 2.45) is 0 Å². The highest BCUT2D eigenvalue weighted by atomic mass is 31.2. The Bertz CT molecular complexity index is 5020. The topological polar surface area (TPSA) is 34.1 Å². The zero-order chi connectivity index (χ0) is 70.5. The maximum atomic E-state index is 16.5. The molecule has 0 aromatic heterocycles. The Labute approximate surface area is 442 Å². The Morgan fingerprint density at radius 3 is 1.19 bits per heavy atom. The molecule has 2 nitrogen and oxygen atoms in total. The van der Waals surface area contributed by atoms with Gasteiger partial charge in [0.25, 0.3) is 0 Å². The van der Waals surface area contributed by atoms with Gasteiger partial charge in [-0.15, -0.1) is 0 Å². The van der Waals surface area contributed by atoms with Crippen molar-refractivity contribution in [1.29, 1.82) is 0 Å². The molecule has 0 heterocycles. The predicted octanol–water partition coefficient (Wildman–Crippen LogP) is 13.8. The lowest BCUT2D eigenvalue weighted by atomic mass is 9.69. The predicted molar refractivity (Wildman–Crippen MR) is 290 cm³/mol. The van der Waals surface area contributed by atoms with Crippen molar-refractivity contribution < 1.29 is 47.5 Å². The molecule has 0 amide bonds. The van der Waals surface area contributed by atoms with E-state index in [0.29, 0.717) is 33.4 Å². The first kappa shape index (κ1) is 21.6. The van der Waals surface area contributed by atoms with Crippen LogP contribution < -0.4 is 31.8 Å². The molecule has 326 valence electrons. The minimum atomic E-state index is -5.73. The summed E-state index contributed by atoms with van der Waals surface area (Å²) >= 11 is 0. The normalized spacial score (nSPS) is 18.8. The molecule has 2 aliphatic carbocycles. The number of hydrogen-bond donors (Lipinski definition) is 0. The second-order valence-corrected chi connectivity index (χ2v) is 21.2. The molecule has 0 saturated heterocycles. The first-order valence-electron chi connectivity index (χ1n) is 35.2. The average molecular weight is 947 g/mol. The van der Waals surface area contributed by atoms with Gasteiger partial charge in [0, 0.05) is 31.8 Å². The van der Waals surface area contributed by atoms with Crippen molar-refractivity contribution >= 4 is 56.9 Å². The van der Waals surface area contributed by atoms with E-state index in [1.54, 1.807) is 30.3 Å². The van der Waals surface area contributed by atoms with E-state index in [2.05, 4.69) is 0 Å². The third-order valence-electron chi connectivity index (χ3n) is 12.7. The highest BCUT2D eigenvalue weighted by molar-refractivity contribution is 7.85. The van der Waals surface area contributed by atoms with Crippen molar-refractivity contribution in [3.63, 3.8) is 0 Å². The van der Waals surface area contributed by atoms with E-state index >= 15 is 9.13 Å². The van der Waals surface area contributed by atoms with Crippen LogP contribution in [0.5, 0.6) is 0 Å². The van der Waals surface area contributed by atoms with Gasteiger partial charge in [-0.25, -0.2) is 0 Å². The maximum absolute atomic E-state index is 16.5. The lowest BCUT2D eigenvalue weighted by Gasteiger charge is -2.31. The van der Waals surface area contributed by atoms with Crippen LogP contribution in [0.25, 0.3) is 55.3 Å². The molecule has 69 heavy (non-hydrogen) atoms. The van der Waals surface area contributed by atoms with Crippen LogP contribution in [0.15, 0.2) is 266 Å². The van der Waals surface area contributed by atoms with Crippen LogP contribution in [-0.2, 0) is 14.5 Å². The summed E-state index contributed by atoms with van der Waals surface area (Å²) in [6, 6.07) is -1.61. The lowest BCUT2D eigenvalue weighted by molar-refractivity contribution is 0.591. The zero-order valence-electron chi connectivity index (χ0n) is 63.4. The molecule has 0 N–H and O–H groups in total. The summed E-state index contributed by atoms with van der Waals surface area (Å²) in [6.07, 6.45) is 0. The molecule has 0 aliphatic heterocycles. The fourth-order valence-electron chi connectivity index (χ4n) is 9.75. The minimum absolute atomic E-state index is 0.000272. The largest absolute Gasteiger partial charge is 0.309 e. The van der Waals surface area contributed by atoms with Crippen molar-refractivity contribution in [3.8, 4) is 44.5 Å². The van der Waals surface area contributed by atoms with E-state index in [1.807, 2.05) is 54.6 Å². The van der Waals surface area contributed by atoms with E-state index < -0.39 is 232 Å². The van der Waals surface area contributed by atoms with Crippen LogP contribution in [0.2, 0.25) is 0 Å². The van der Waals surface area contributed by atoms with Gasteiger partial charge in [0.2, 0.25) is 0 Å². The third kappa shape index (κ3) is 6.20. The summed E-state index contributed by atoms with van der Waals surface area (Å²) in [6.45, 7) is 0. The van der Waals surface area contributed by atoms with Gasteiger partial charge in [0.05, 0.1) is 43.8 Å². The Balaban J connectivity index is 1.08. The summed E-state index contributed by atoms with van der Waals surface area (Å²) in [5.74, 6) is 0. The van der Waals surface area contributed by atoms with E-state index in [1.165, 1.54) is 12.1 Å². The summed E-state index contributed by atoms with van der Waals surface area (Å²) in [5, 5.41) is -5.19. The molecule has 0 fully saturated rings. The van der Waals surface area contributed by atoms with Crippen molar-refractivity contribution in [2.75, 3.05) is 0 Å². The molecule has 0 radical (unpaired) electrons. The number of rotatable bonds is 8. The first-order chi connectivity index (χ1) is 45.6. The van der Waals surface area contributed by atoms with Gasteiger partial charge in [-0.3, -0.25) is 0 Å².